The lowest BCUT2D eigenvalue weighted by atomic mass is 9.97. The number of hydrazine groups is 1. The molecule has 1 aromatic rings. The molecule has 0 aromatic carbocycles. The van der Waals surface area contributed by atoms with E-state index in [1.807, 2.05) is 12.1 Å². The second-order valence-corrected chi connectivity index (χ2v) is 5.05. The summed E-state index contributed by atoms with van der Waals surface area (Å²) in [5, 5.41) is 2.97. The predicted octanol–water partition coefficient (Wildman–Crippen LogP) is 0.343. The van der Waals surface area contributed by atoms with Crippen molar-refractivity contribution in [3.63, 3.8) is 0 Å². The second-order valence-electron chi connectivity index (χ2n) is 5.05. The van der Waals surface area contributed by atoms with E-state index in [2.05, 4.69) is 21.2 Å². The molecule has 0 bridgehead atoms. The van der Waals surface area contributed by atoms with Crippen LogP contribution in [-0.4, -0.2) is 23.0 Å². The summed E-state index contributed by atoms with van der Waals surface area (Å²) in [4.78, 5) is 16.2. The van der Waals surface area contributed by atoms with E-state index in [1.54, 1.807) is 12.4 Å². The van der Waals surface area contributed by atoms with Crippen molar-refractivity contribution in [1.29, 1.82) is 0 Å². The Morgan fingerprint density at radius 2 is 2.39 bits per heavy atom. The predicted molar refractivity (Wildman–Crippen MR) is 67.3 cm³/mol. The van der Waals surface area contributed by atoms with Gasteiger partial charge in [0.1, 0.15) is 6.04 Å². The summed E-state index contributed by atoms with van der Waals surface area (Å²) < 4.78 is 0. The first kappa shape index (κ1) is 11.6. The first-order chi connectivity index (χ1) is 8.84. The topological polar surface area (TPSA) is 66.0 Å². The molecule has 5 heteroatoms. The van der Waals surface area contributed by atoms with Crippen molar-refractivity contribution < 1.29 is 4.79 Å². The minimum atomic E-state index is -0.0887. The molecule has 0 spiro atoms. The standard InChI is InChI=1S/C13H18N4O/c18-13(15-8-9-3-2-6-14-7-9)12-10-4-1-5-11(10)16-17-12/h2-3,6-7,10-12,16-17H,1,4-5,8H2,(H,15,18). The van der Waals surface area contributed by atoms with Crippen LogP contribution in [0.1, 0.15) is 24.8 Å². The number of hydrogen-bond acceptors (Lipinski definition) is 4. The van der Waals surface area contributed by atoms with Crippen molar-refractivity contribution in [3.05, 3.63) is 30.1 Å². The number of hydrogen-bond donors (Lipinski definition) is 3. The van der Waals surface area contributed by atoms with Crippen LogP contribution in [0.4, 0.5) is 0 Å². The Morgan fingerprint density at radius 1 is 1.44 bits per heavy atom. The van der Waals surface area contributed by atoms with Gasteiger partial charge in [-0.15, -0.1) is 0 Å². The number of carbonyl (C=O) groups excluding carboxylic acids is 1. The lowest BCUT2D eigenvalue weighted by Gasteiger charge is -2.16. The fourth-order valence-corrected chi connectivity index (χ4v) is 2.93. The molecule has 2 heterocycles. The van der Waals surface area contributed by atoms with Crippen LogP contribution in [0.5, 0.6) is 0 Å². The van der Waals surface area contributed by atoms with E-state index in [1.165, 1.54) is 12.8 Å². The molecule has 18 heavy (non-hydrogen) atoms. The maximum absolute atomic E-state index is 12.1. The normalized spacial score (nSPS) is 30.1. The van der Waals surface area contributed by atoms with Gasteiger partial charge in [0.2, 0.25) is 5.91 Å². The first-order valence-corrected chi connectivity index (χ1v) is 6.52. The van der Waals surface area contributed by atoms with Crippen LogP contribution >= 0.6 is 0 Å². The Balaban J connectivity index is 1.56. The van der Waals surface area contributed by atoms with Crippen LogP contribution in [0.15, 0.2) is 24.5 Å². The molecule has 1 aliphatic heterocycles. The minimum Gasteiger partial charge on any atom is -0.351 e. The average Bonchev–Trinajstić information content (AvgIpc) is 2.99. The summed E-state index contributed by atoms with van der Waals surface area (Å²) in [6.45, 7) is 0.544. The highest BCUT2D eigenvalue weighted by Crippen LogP contribution is 2.31. The Morgan fingerprint density at radius 3 is 3.22 bits per heavy atom. The molecule has 3 atom stereocenters. The van der Waals surface area contributed by atoms with Gasteiger partial charge in [0.15, 0.2) is 0 Å². The van der Waals surface area contributed by atoms with Crippen LogP contribution < -0.4 is 16.2 Å². The highest BCUT2D eigenvalue weighted by atomic mass is 16.2. The third-order valence-corrected chi connectivity index (χ3v) is 3.89. The molecular weight excluding hydrogens is 228 g/mol. The van der Waals surface area contributed by atoms with E-state index in [4.69, 9.17) is 0 Å². The number of pyridine rings is 1. The van der Waals surface area contributed by atoms with Crippen molar-refractivity contribution in [2.45, 2.75) is 37.9 Å². The van der Waals surface area contributed by atoms with Crippen LogP contribution in [0.3, 0.4) is 0 Å². The Hall–Kier alpha value is -1.46. The van der Waals surface area contributed by atoms with Gasteiger partial charge in [-0.05, 0) is 24.5 Å². The number of aromatic nitrogens is 1. The number of nitrogens with one attached hydrogen (secondary N) is 3. The number of carbonyl (C=O) groups is 1. The van der Waals surface area contributed by atoms with Gasteiger partial charge >= 0.3 is 0 Å². The lowest BCUT2D eigenvalue weighted by Crippen LogP contribution is -2.45. The summed E-state index contributed by atoms with van der Waals surface area (Å²) >= 11 is 0. The highest BCUT2D eigenvalue weighted by molar-refractivity contribution is 5.82. The number of nitrogens with zero attached hydrogens (tertiary/aromatic N) is 1. The molecule has 3 N–H and O–H groups in total. The van der Waals surface area contributed by atoms with Gasteiger partial charge in [0.05, 0.1) is 0 Å². The van der Waals surface area contributed by atoms with Gasteiger partial charge in [-0.25, -0.2) is 5.43 Å². The van der Waals surface area contributed by atoms with E-state index >= 15 is 0 Å². The molecule has 1 saturated heterocycles. The van der Waals surface area contributed by atoms with Crippen LogP contribution in [0, 0.1) is 5.92 Å². The SMILES string of the molecule is O=C(NCc1cccnc1)C1NNC2CCCC21. The summed E-state index contributed by atoms with van der Waals surface area (Å²) in [6.07, 6.45) is 7.03. The van der Waals surface area contributed by atoms with Gasteiger partial charge in [0.25, 0.3) is 0 Å². The zero-order valence-corrected chi connectivity index (χ0v) is 10.2. The summed E-state index contributed by atoms with van der Waals surface area (Å²) in [7, 11) is 0. The molecular formula is C13H18N4O. The number of amides is 1. The van der Waals surface area contributed by atoms with Gasteiger partial charge < -0.3 is 5.32 Å². The zero-order valence-electron chi connectivity index (χ0n) is 10.2. The molecule has 3 unspecified atom stereocenters. The van der Waals surface area contributed by atoms with Crippen molar-refractivity contribution in [3.8, 4) is 0 Å². The molecule has 1 amide bonds. The third kappa shape index (κ3) is 2.23. The average molecular weight is 246 g/mol. The van der Waals surface area contributed by atoms with E-state index in [0.717, 1.165) is 12.0 Å². The summed E-state index contributed by atoms with van der Waals surface area (Å²) in [5.74, 6) is 0.527. The highest BCUT2D eigenvalue weighted by Gasteiger charge is 2.42. The number of rotatable bonds is 3. The van der Waals surface area contributed by atoms with Crippen molar-refractivity contribution in [2.24, 2.45) is 5.92 Å². The maximum atomic E-state index is 12.1. The zero-order chi connectivity index (χ0) is 12.4. The molecule has 3 rings (SSSR count). The Labute approximate surface area is 106 Å². The van der Waals surface area contributed by atoms with Gasteiger partial charge in [0, 0.05) is 30.9 Å². The summed E-state index contributed by atoms with van der Waals surface area (Å²) in [6, 6.07) is 4.23. The molecule has 5 nitrogen and oxygen atoms in total. The van der Waals surface area contributed by atoms with E-state index in [0.29, 0.717) is 18.5 Å². The molecule has 2 fully saturated rings. The fourth-order valence-electron chi connectivity index (χ4n) is 2.93. The largest absolute Gasteiger partial charge is 0.351 e. The Bertz CT molecular complexity index is 422. The molecule has 96 valence electrons. The summed E-state index contributed by atoms with van der Waals surface area (Å²) in [5.41, 5.74) is 7.37. The lowest BCUT2D eigenvalue weighted by molar-refractivity contribution is -0.123. The van der Waals surface area contributed by atoms with Gasteiger partial charge in [-0.2, -0.15) is 0 Å². The quantitative estimate of drug-likeness (QED) is 0.719. The van der Waals surface area contributed by atoms with Crippen LogP contribution in [0.25, 0.3) is 0 Å². The third-order valence-electron chi connectivity index (χ3n) is 3.89. The molecule has 0 radical (unpaired) electrons. The number of fused-ring (bicyclic) bond motifs is 1. The maximum Gasteiger partial charge on any atom is 0.239 e. The second kappa shape index (κ2) is 5.04. The van der Waals surface area contributed by atoms with Gasteiger partial charge in [-0.1, -0.05) is 12.5 Å². The monoisotopic (exact) mass is 246 g/mol. The molecule has 2 aliphatic rings. The van der Waals surface area contributed by atoms with Gasteiger partial charge in [-0.3, -0.25) is 15.2 Å². The minimum absolute atomic E-state index is 0.0840. The molecule has 1 saturated carbocycles. The van der Waals surface area contributed by atoms with Crippen LogP contribution in [0.2, 0.25) is 0 Å². The molecule has 1 aliphatic carbocycles. The van der Waals surface area contributed by atoms with E-state index in [-0.39, 0.29) is 11.9 Å². The first-order valence-electron chi connectivity index (χ1n) is 6.52. The van der Waals surface area contributed by atoms with Crippen molar-refractivity contribution in [1.82, 2.24) is 21.2 Å². The Kier molecular flexibility index (Phi) is 3.25. The molecule has 1 aromatic heterocycles. The van der Waals surface area contributed by atoms with Crippen molar-refractivity contribution in [2.75, 3.05) is 0 Å². The fraction of sp³-hybridized carbons (Fsp3) is 0.538. The van der Waals surface area contributed by atoms with Crippen LogP contribution in [-0.2, 0) is 11.3 Å². The van der Waals surface area contributed by atoms with Crippen molar-refractivity contribution >= 4 is 5.91 Å². The smallest absolute Gasteiger partial charge is 0.239 e. The van der Waals surface area contributed by atoms with E-state index < -0.39 is 0 Å². The van der Waals surface area contributed by atoms with E-state index in [9.17, 15) is 4.79 Å².